The van der Waals surface area contributed by atoms with Crippen LogP contribution in [0, 0.1) is 0 Å². The number of piperazine rings is 1. The minimum absolute atomic E-state index is 0.549. The van der Waals surface area contributed by atoms with E-state index < -0.39 is 0 Å². The predicted molar refractivity (Wildman–Crippen MR) is 59.0 cm³/mol. The molecular formula is C10H19N3O3. The maximum Gasteiger partial charge on any atom is 0.209 e. The Morgan fingerprint density at radius 1 is 1.12 bits per heavy atom. The number of hydrogen-bond acceptors (Lipinski definition) is 4. The zero-order valence-electron chi connectivity index (χ0n) is 9.43. The molecule has 16 heavy (non-hydrogen) atoms. The summed E-state index contributed by atoms with van der Waals surface area (Å²) in [7, 11) is 0. The van der Waals surface area contributed by atoms with Gasteiger partial charge in [-0.1, -0.05) is 0 Å². The standard InChI is InChI=1S/C10H19N3O3/c14-9-11-1-7-16-8-6-12-2-4-13(10-15)5-3-12/h9-10H,1-8H2,(H,11,14). The van der Waals surface area contributed by atoms with Crippen LogP contribution in [0.25, 0.3) is 0 Å². The van der Waals surface area contributed by atoms with Gasteiger partial charge in [0.25, 0.3) is 0 Å². The van der Waals surface area contributed by atoms with Crippen LogP contribution in [0.15, 0.2) is 0 Å². The summed E-state index contributed by atoms with van der Waals surface area (Å²) in [4.78, 5) is 24.5. The molecular weight excluding hydrogens is 210 g/mol. The second-order valence-corrected chi connectivity index (χ2v) is 3.67. The Hall–Kier alpha value is -1.14. The molecule has 0 saturated carbocycles. The van der Waals surface area contributed by atoms with Gasteiger partial charge in [-0.15, -0.1) is 0 Å². The summed E-state index contributed by atoms with van der Waals surface area (Å²) >= 11 is 0. The van der Waals surface area contributed by atoms with Crippen LogP contribution in [0.5, 0.6) is 0 Å². The van der Waals surface area contributed by atoms with E-state index in [9.17, 15) is 9.59 Å². The molecule has 0 radical (unpaired) electrons. The van der Waals surface area contributed by atoms with E-state index in [4.69, 9.17) is 4.74 Å². The zero-order chi connectivity index (χ0) is 11.6. The van der Waals surface area contributed by atoms with Crippen molar-refractivity contribution >= 4 is 12.8 Å². The van der Waals surface area contributed by atoms with Gasteiger partial charge in [0.2, 0.25) is 12.8 Å². The molecule has 2 amide bonds. The molecule has 6 nitrogen and oxygen atoms in total. The van der Waals surface area contributed by atoms with E-state index >= 15 is 0 Å². The second kappa shape index (κ2) is 8.06. The van der Waals surface area contributed by atoms with Gasteiger partial charge >= 0.3 is 0 Å². The molecule has 0 aromatic carbocycles. The van der Waals surface area contributed by atoms with Crippen LogP contribution in [-0.4, -0.2) is 75.1 Å². The van der Waals surface area contributed by atoms with Crippen LogP contribution in [0.4, 0.5) is 0 Å². The minimum Gasteiger partial charge on any atom is -0.378 e. The fourth-order valence-corrected chi connectivity index (χ4v) is 1.58. The molecule has 0 aromatic rings. The lowest BCUT2D eigenvalue weighted by molar-refractivity contribution is -0.119. The summed E-state index contributed by atoms with van der Waals surface area (Å²) in [5.41, 5.74) is 0. The highest BCUT2D eigenvalue weighted by molar-refractivity contribution is 5.47. The quantitative estimate of drug-likeness (QED) is 0.407. The molecule has 0 unspecified atom stereocenters. The summed E-state index contributed by atoms with van der Waals surface area (Å²) in [5.74, 6) is 0. The van der Waals surface area contributed by atoms with E-state index in [1.165, 1.54) is 0 Å². The summed E-state index contributed by atoms with van der Waals surface area (Å²) in [6.07, 6.45) is 1.57. The third-order valence-electron chi connectivity index (χ3n) is 2.58. The number of amides is 2. The number of ether oxygens (including phenoxy) is 1. The Morgan fingerprint density at radius 2 is 1.88 bits per heavy atom. The molecule has 1 aliphatic heterocycles. The Morgan fingerprint density at radius 3 is 2.50 bits per heavy atom. The monoisotopic (exact) mass is 229 g/mol. The van der Waals surface area contributed by atoms with E-state index in [1.54, 1.807) is 4.90 Å². The molecule has 1 fully saturated rings. The third-order valence-corrected chi connectivity index (χ3v) is 2.58. The van der Waals surface area contributed by atoms with Crippen LogP contribution < -0.4 is 5.32 Å². The van der Waals surface area contributed by atoms with Gasteiger partial charge in [-0.3, -0.25) is 14.5 Å². The van der Waals surface area contributed by atoms with Crippen molar-refractivity contribution in [2.24, 2.45) is 0 Å². The molecule has 1 saturated heterocycles. The Bertz CT molecular complexity index is 205. The first-order valence-electron chi connectivity index (χ1n) is 5.53. The van der Waals surface area contributed by atoms with Crippen molar-refractivity contribution in [1.82, 2.24) is 15.1 Å². The first-order chi connectivity index (χ1) is 7.86. The molecule has 0 atom stereocenters. The fraction of sp³-hybridized carbons (Fsp3) is 0.800. The smallest absolute Gasteiger partial charge is 0.209 e. The average molecular weight is 229 g/mol. The maximum atomic E-state index is 10.5. The molecule has 0 aliphatic carbocycles. The number of rotatable bonds is 8. The maximum absolute atomic E-state index is 10.5. The minimum atomic E-state index is 0.549. The fourth-order valence-electron chi connectivity index (χ4n) is 1.58. The topological polar surface area (TPSA) is 61.9 Å². The van der Waals surface area contributed by atoms with Gasteiger partial charge in [-0.2, -0.15) is 0 Å². The largest absolute Gasteiger partial charge is 0.378 e. The number of nitrogens with one attached hydrogen (secondary N) is 1. The molecule has 1 N–H and O–H groups in total. The Labute approximate surface area is 95.5 Å². The highest BCUT2D eigenvalue weighted by Crippen LogP contribution is 1.98. The molecule has 92 valence electrons. The number of hydrogen-bond donors (Lipinski definition) is 1. The van der Waals surface area contributed by atoms with Crippen LogP contribution in [0.1, 0.15) is 0 Å². The van der Waals surface area contributed by atoms with E-state index in [0.717, 1.165) is 39.1 Å². The highest BCUT2D eigenvalue weighted by Gasteiger charge is 2.14. The van der Waals surface area contributed by atoms with Crippen LogP contribution >= 0.6 is 0 Å². The highest BCUT2D eigenvalue weighted by atomic mass is 16.5. The van der Waals surface area contributed by atoms with Crippen LogP contribution in [-0.2, 0) is 14.3 Å². The third kappa shape index (κ3) is 5.09. The number of carbonyl (C=O) groups is 2. The molecule has 0 bridgehead atoms. The van der Waals surface area contributed by atoms with E-state index in [0.29, 0.717) is 26.2 Å². The van der Waals surface area contributed by atoms with Gasteiger partial charge < -0.3 is 15.0 Å². The lowest BCUT2D eigenvalue weighted by Crippen LogP contribution is -2.46. The normalized spacial score (nSPS) is 17.1. The van der Waals surface area contributed by atoms with Crippen LogP contribution in [0.3, 0.4) is 0 Å². The van der Waals surface area contributed by atoms with Crippen molar-refractivity contribution in [3.05, 3.63) is 0 Å². The summed E-state index contributed by atoms with van der Waals surface area (Å²) in [6.45, 7) is 6.08. The molecule has 6 heteroatoms. The van der Waals surface area contributed by atoms with Gasteiger partial charge in [-0.25, -0.2) is 0 Å². The molecule has 0 spiro atoms. The van der Waals surface area contributed by atoms with Crippen molar-refractivity contribution in [3.63, 3.8) is 0 Å². The van der Waals surface area contributed by atoms with Gasteiger partial charge in [0.05, 0.1) is 13.2 Å². The van der Waals surface area contributed by atoms with Gasteiger partial charge in [0.15, 0.2) is 0 Å². The molecule has 0 aromatic heterocycles. The van der Waals surface area contributed by atoms with Crippen molar-refractivity contribution < 1.29 is 14.3 Å². The Balaban J connectivity index is 1.94. The van der Waals surface area contributed by atoms with Crippen molar-refractivity contribution in [1.29, 1.82) is 0 Å². The van der Waals surface area contributed by atoms with Gasteiger partial charge in [-0.05, 0) is 0 Å². The molecule has 1 rings (SSSR count). The van der Waals surface area contributed by atoms with Gasteiger partial charge in [0.1, 0.15) is 0 Å². The van der Waals surface area contributed by atoms with Crippen LogP contribution in [0.2, 0.25) is 0 Å². The summed E-state index contributed by atoms with van der Waals surface area (Å²) in [6, 6.07) is 0. The lowest BCUT2D eigenvalue weighted by Gasteiger charge is -2.32. The van der Waals surface area contributed by atoms with E-state index in [1.807, 2.05) is 0 Å². The second-order valence-electron chi connectivity index (χ2n) is 3.67. The first-order valence-corrected chi connectivity index (χ1v) is 5.53. The zero-order valence-corrected chi connectivity index (χ0v) is 9.43. The lowest BCUT2D eigenvalue weighted by atomic mass is 10.3. The van der Waals surface area contributed by atoms with Crippen molar-refractivity contribution in [3.8, 4) is 0 Å². The van der Waals surface area contributed by atoms with E-state index in [2.05, 4.69) is 10.2 Å². The summed E-state index contributed by atoms with van der Waals surface area (Å²) < 4.78 is 5.35. The van der Waals surface area contributed by atoms with Crippen molar-refractivity contribution in [2.45, 2.75) is 0 Å². The molecule has 1 aliphatic rings. The SMILES string of the molecule is O=CNCCOCCN1CCN(C=O)CC1. The summed E-state index contributed by atoms with van der Waals surface area (Å²) in [5, 5.41) is 2.54. The number of nitrogens with zero attached hydrogens (tertiary/aromatic N) is 2. The molecule has 1 heterocycles. The Kier molecular flexibility index (Phi) is 6.52. The predicted octanol–water partition coefficient (Wildman–Crippen LogP) is -1.48. The first kappa shape index (κ1) is 12.9. The average Bonchev–Trinajstić information content (AvgIpc) is 2.34. The van der Waals surface area contributed by atoms with Crippen molar-refractivity contribution in [2.75, 3.05) is 52.5 Å². The number of carbonyl (C=O) groups excluding carboxylic acids is 2. The van der Waals surface area contributed by atoms with Gasteiger partial charge in [0, 0.05) is 39.3 Å². The van der Waals surface area contributed by atoms with E-state index in [-0.39, 0.29) is 0 Å².